The second-order valence-corrected chi connectivity index (χ2v) is 7.07. The third-order valence-corrected chi connectivity index (χ3v) is 4.53. The van der Waals surface area contributed by atoms with Crippen molar-refractivity contribution in [3.8, 4) is 0 Å². The van der Waals surface area contributed by atoms with Gasteiger partial charge in [-0.2, -0.15) is 0 Å². The number of benzene rings is 2. The summed E-state index contributed by atoms with van der Waals surface area (Å²) in [4.78, 5) is 12.8. The summed E-state index contributed by atoms with van der Waals surface area (Å²) in [5.41, 5.74) is 2.19. The Morgan fingerprint density at radius 2 is 1.44 bits per heavy atom. The zero-order valence-electron chi connectivity index (χ0n) is 15.4. The second kappa shape index (κ2) is 9.38. The van der Waals surface area contributed by atoms with Crippen molar-refractivity contribution in [3.63, 3.8) is 0 Å². The number of rotatable bonds is 8. The maximum absolute atomic E-state index is 12.8. The normalized spacial score (nSPS) is 14.8. The van der Waals surface area contributed by atoms with Gasteiger partial charge in [-0.1, -0.05) is 74.5 Å². The summed E-state index contributed by atoms with van der Waals surface area (Å²) in [5.74, 6) is 0.208. The number of carbonyl (C=O) groups excluding carboxylic acids is 1. The summed E-state index contributed by atoms with van der Waals surface area (Å²) in [6.45, 7) is 6.46. The first-order chi connectivity index (χ1) is 12.0. The second-order valence-electron chi connectivity index (χ2n) is 7.07. The number of aliphatic hydroxyl groups excluding tert-OH is 1. The van der Waals surface area contributed by atoms with Crippen LogP contribution in [0.2, 0.25) is 0 Å². The molecule has 3 nitrogen and oxygen atoms in total. The lowest BCUT2D eigenvalue weighted by atomic mass is 9.87. The number of hydrogen-bond donors (Lipinski definition) is 2. The van der Waals surface area contributed by atoms with Gasteiger partial charge in [0.25, 0.3) is 0 Å². The molecule has 3 heteroatoms. The molecule has 2 rings (SSSR count). The van der Waals surface area contributed by atoms with E-state index in [2.05, 4.69) is 31.3 Å². The molecule has 0 aliphatic carbocycles. The number of amides is 1. The number of hydrogen-bond acceptors (Lipinski definition) is 2. The molecule has 0 aromatic heterocycles. The molecule has 0 saturated carbocycles. The highest BCUT2D eigenvalue weighted by molar-refractivity contribution is 5.84. The Labute approximate surface area is 151 Å². The molecule has 3 unspecified atom stereocenters. The maximum Gasteiger partial charge on any atom is 0.227 e. The van der Waals surface area contributed by atoms with Crippen LogP contribution >= 0.6 is 0 Å². The Hall–Kier alpha value is -2.13. The van der Waals surface area contributed by atoms with Gasteiger partial charge in [-0.05, 0) is 30.4 Å². The van der Waals surface area contributed by atoms with Gasteiger partial charge in [-0.25, -0.2) is 0 Å². The molecule has 25 heavy (non-hydrogen) atoms. The van der Waals surface area contributed by atoms with Crippen LogP contribution < -0.4 is 5.32 Å². The van der Waals surface area contributed by atoms with Crippen molar-refractivity contribution in [2.24, 2.45) is 5.92 Å². The largest absolute Gasteiger partial charge is 0.393 e. The van der Waals surface area contributed by atoms with Crippen molar-refractivity contribution in [1.82, 2.24) is 5.32 Å². The van der Waals surface area contributed by atoms with Crippen LogP contribution in [-0.2, 0) is 4.79 Å². The Kier molecular flexibility index (Phi) is 7.20. The lowest BCUT2D eigenvalue weighted by Crippen LogP contribution is -2.35. The predicted octanol–water partition coefficient (Wildman–Crippen LogP) is 4.10. The zero-order valence-corrected chi connectivity index (χ0v) is 15.4. The van der Waals surface area contributed by atoms with Crippen LogP contribution in [0.5, 0.6) is 0 Å². The summed E-state index contributed by atoms with van der Waals surface area (Å²) >= 11 is 0. The Morgan fingerprint density at radius 1 is 0.920 bits per heavy atom. The summed E-state index contributed by atoms with van der Waals surface area (Å²) in [6.07, 6.45) is 0.222. The first-order valence-corrected chi connectivity index (χ1v) is 9.04. The highest BCUT2D eigenvalue weighted by Gasteiger charge is 2.25. The van der Waals surface area contributed by atoms with E-state index < -0.39 is 6.10 Å². The van der Waals surface area contributed by atoms with Gasteiger partial charge in [0, 0.05) is 12.5 Å². The molecular weight excluding hydrogens is 310 g/mol. The van der Waals surface area contributed by atoms with E-state index in [0.29, 0.717) is 13.0 Å². The molecule has 0 saturated heterocycles. The Balaban J connectivity index is 2.09. The van der Waals surface area contributed by atoms with Gasteiger partial charge in [-0.15, -0.1) is 0 Å². The monoisotopic (exact) mass is 339 g/mol. The topological polar surface area (TPSA) is 49.3 Å². The van der Waals surface area contributed by atoms with E-state index in [1.165, 1.54) is 0 Å². The van der Waals surface area contributed by atoms with Gasteiger partial charge in [0.05, 0.1) is 12.0 Å². The molecule has 0 spiro atoms. The van der Waals surface area contributed by atoms with Crippen LogP contribution in [0.4, 0.5) is 0 Å². The number of nitrogens with one attached hydrogen (secondary N) is 1. The highest BCUT2D eigenvalue weighted by atomic mass is 16.3. The molecule has 2 aromatic carbocycles. The van der Waals surface area contributed by atoms with E-state index in [4.69, 9.17) is 0 Å². The third-order valence-electron chi connectivity index (χ3n) is 4.53. The first-order valence-electron chi connectivity index (χ1n) is 9.04. The van der Waals surface area contributed by atoms with Crippen molar-refractivity contribution in [1.29, 1.82) is 0 Å². The zero-order chi connectivity index (χ0) is 18.2. The number of aliphatic hydroxyl groups is 1. The van der Waals surface area contributed by atoms with Crippen molar-refractivity contribution >= 4 is 5.91 Å². The van der Waals surface area contributed by atoms with Gasteiger partial charge in [0.15, 0.2) is 0 Å². The molecule has 2 aromatic rings. The van der Waals surface area contributed by atoms with Gasteiger partial charge < -0.3 is 10.4 Å². The van der Waals surface area contributed by atoms with E-state index in [0.717, 1.165) is 11.1 Å². The first kappa shape index (κ1) is 19.2. The van der Waals surface area contributed by atoms with Gasteiger partial charge in [0.2, 0.25) is 5.91 Å². The summed E-state index contributed by atoms with van der Waals surface area (Å²) in [6, 6.07) is 20.0. The number of carbonyl (C=O) groups is 1. The minimum Gasteiger partial charge on any atom is -0.393 e. The minimum atomic E-state index is -0.405. The third kappa shape index (κ3) is 5.71. The Morgan fingerprint density at radius 3 is 1.92 bits per heavy atom. The standard InChI is InChI=1S/C22H29NO2/c1-16(2)21(19-12-8-5-9-13-19)22(25)23-15-20(14-17(3)24)18-10-6-4-7-11-18/h4-13,16-17,20-21,24H,14-15H2,1-3H3,(H,23,25). The lowest BCUT2D eigenvalue weighted by Gasteiger charge is -2.24. The predicted molar refractivity (Wildman–Crippen MR) is 103 cm³/mol. The van der Waals surface area contributed by atoms with Crippen LogP contribution in [0, 0.1) is 5.92 Å². The molecule has 0 aliphatic rings. The van der Waals surface area contributed by atoms with Crippen LogP contribution in [0.15, 0.2) is 60.7 Å². The molecule has 0 radical (unpaired) electrons. The maximum atomic E-state index is 12.8. The van der Waals surface area contributed by atoms with E-state index in [9.17, 15) is 9.90 Å². The Bertz CT molecular complexity index is 638. The molecule has 0 heterocycles. The van der Waals surface area contributed by atoms with Crippen molar-refractivity contribution in [2.75, 3.05) is 6.54 Å². The average Bonchev–Trinajstić information content (AvgIpc) is 2.60. The van der Waals surface area contributed by atoms with E-state index in [1.807, 2.05) is 48.5 Å². The van der Waals surface area contributed by atoms with Crippen molar-refractivity contribution in [3.05, 3.63) is 71.8 Å². The van der Waals surface area contributed by atoms with E-state index >= 15 is 0 Å². The van der Waals surface area contributed by atoms with Crippen LogP contribution in [0.3, 0.4) is 0 Å². The summed E-state index contributed by atoms with van der Waals surface area (Å²) in [5, 5.41) is 12.9. The molecular formula is C22H29NO2. The molecule has 0 aliphatic heterocycles. The molecule has 1 amide bonds. The van der Waals surface area contributed by atoms with Gasteiger partial charge in [0.1, 0.15) is 0 Å². The van der Waals surface area contributed by atoms with Crippen molar-refractivity contribution < 1.29 is 9.90 Å². The SMILES string of the molecule is CC(O)CC(CNC(=O)C(c1ccccc1)C(C)C)c1ccccc1. The van der Waals surface area contributed by atoms with Crippen LogP contribution in [0.1, 0.15) is 50.2 Å². The summed E-state index contributed by atoms with van der Waals surface area (Å²) in [7, 11) is 0. The highest BCUT2D eigenvalue weighted by Crippen LogP contribution is 2.25. The smallest absolute Gasteiger partial charge is 0.227 e. The summed E-state index contributed by atoms with van der Waals surface area (Å²) < 4.78 is 0. The fraction of sp³-hybridized carbons (Fsp3) is 0.409. The molecule has 0 bridgehead atoms. The fourth-order valence-electron chi connectivity index (χ4n) is 3.31. The molecule has 2 N–H and O–H groups in total. The minimum absolute atomic E-state index is 0.0488. The van der Waals surface area contributed by atoms with E-state index in [-0.39, 0.29) is 23.7 Å². The quantitative estimate of drug-likeness (QED) is 0.761. The lowest BCUT2D eigenvalue weighted by molar-refractivity contribution is -0.123. The van der Waals surface area contributed by atoms with E-state index in [1.54, 1.807) is 6.92 Å². The van der Waals surface area contributed by atoms with Crippen LogP contribution in [-0.4, -0.2) is 23.7 Å². The van der Waals surface area contributed by atoms with Gasteiger partial charge >= 0.3 is 0 Å². The molecule has 3 atom stereocenters. The fourth-order valence-corrected chi connectivity index (χ4v) is 3.31. The average molecular weight is 339 g/mol. The van der Waals surface area contributed by atoms with Crippen LogP contribution in [0.25, 0.3) is 0 Å². The molecule has 0 fully saturated rings. The molecule has 134 valence electrons. The van der Waals surface area contributed by atoms with Gasteiger partial charge in [-0.3, -0.25) is 4.79 Å². The van der Waals surface area contributed by atoms with Crippen molar-refractivity contribution in [2.45, 2.75) is 45.1 Å².